The lowest BCUT2D eigenvalue weighted by Crippen LogP contribution is -2.45. The zero-order valence-corrected chi connectivity index (χ0v) is 12.6. The van der Waals surface area contributed by atoms with Gasteiger partial charge in [0.1, 0.15) is 0 Å². The van der Waals surface area contributed by atoms with Crippen LogP contribution in [0.2, 0.25) is 0 Å². The van der Waals surface area contributed by atoms with Crippen molar-refractivity contribution in [3.8, 4) is 0 Å². The number of amides is 1. The van der Waals surface area contributed by atoms with E-state index in [9.17, 15) is 9.59 Å². The fourth-order valence-corrected chi connectivity index (χ4v) is 2.42. The van der Waals surface area contributed by atoms with Crippen molar-refractivity contribution in [2.75, 3.05) is 46.4 Å². The molecule has 1 unspecified atom stereocenters. The molecule has 0 aromatic heterocycles. The Hall–Kier alpha value is -1.14. The van der Waals surface area contributed by atoms with Gasteiger partial charge in [-0.25, -0.2) is 0 Å². The Morgan fingerprint density at radius 1 is 1.45 bits per heavy atom. The molecule has 0 aromatic carbocycles. The van der Waals surface area contributed by atoms with Crippen molar-refractivity contribution < 1.29 is 14.3 Å². The average molecular weight is 285 g/mol. The lowest BCUT2D eigenvalue weighted by molar-refractivity contribution is -0.150. The Bertz CT molecular complexity index is 323. The Kier molecular flexibility index (Phi) is 7.54. The standard InChI is InChI=1S/C14H27N3O3/c1-3-20-14(19)12-6-4-9-17(10-12)11-13(18)16(2)8-5-7-15/h12H,3-11,15H2,1-2H3. The van der Waals surface area contributed by atoms with Crippen molar-refractivity contribution >= 4 is 11.9 Å². The molecule has 116 valence electrons. The summed E-state index contributed by atoms with van der Waals surface area (Å²) in [4.78, 5) is 27.6. The number of ether oxygens (including phenoxy) is 1. The van der Waals surface area contributed by atoms with E-state index in [4.69, 9.17) is 10.5 Å². The topological polar surface area (TPSA) is 75.9 Å². The van der Waals surface area contributed by atoms with E-state index >= 15 is 0 Å². The Labute approximate surface area is 121 Å². The highest BCUT2D eigenvalue weighted by Crippen LogP contribution is 2.17. The minimum absolute atomic E-state index is 0.0861. The van der Waals surface area contributed by atoms with Crippen molar-refractivity contribution in [3.63, 3.8) is 0 Å². The van der Waals surface area contributed by atoms with E-state index in [-0.39, 0.29) is 17.8 Å². The van der Waals surface area contributed by atoms with E-state index in [2.05, 4.69) is 0 Å². The number of hydrogen-bond donors (Lipinski definition) is 1. The van der Waals surface area contributed by atoms with Gasteiger partial charge in [-0.1, -0.05) is 0 Å². The van der Waals surface area contributed by atoms with E-state index in [1.54, 1.807) is 11.9 Å². The molecule has 6 nitrogen and oxygen atoms in total. The molecule has 0 saturated carbocycles. The molecule has 1 heterocycles. The Morgan fingerprint density at radius 3 is 2.85 bits per heavy atom. The first-order valence-corrected chi connectivity index (χ1v) is 7.41. The van der Waals surface area contributed by atoms with Gasteiger partial charge in [0.15, 0.2) is 0 Å². The maximum absolute atomic E-state index is 12.0. The number of likely N-dealkylation sites (N-methyl/N-ethyl adjacent to an activating group) is 1. The number of likely N-dealkylation sites (tertiary alicyclic amines) is 1. The molecule has 2 N–H and O–H groups in total. The lowest BCUT2D eigenvalue weighted by atomic mass is 9.98. The van der Waals surface area contributed by atoms with Gasteiger partial charge in [0.05, 0.1) is 19.1 Å². The van der Waals surface area contributed by atoms with Crippen LogP contribution >= 0.6 is 0 Å². The largest absolute Gasteiger partial charge is 0.466 e. The predicted molar refractivity (Wildman–Crippen MR) is 77.1 cm³/mol. The van der Waals surface area contributed by atoms with Crippen LogP contribution in [-0.2, 0) is 14.3 Å². The SMILES string of the molecule is CCOC(=O)C1CCCN(CC(=O)N(C)CCCN)C1. The van der Waals surface area contributed by atoms with Gasteiger partial charge in [-0.05, 0) is 39.3 Å². The molecule has 0 aromatic rings. The molecule has 0 spiro atoms. The van der Waals surface area contributed by atoms with Crippen LogP contribution in [0, 0.1) is 5.92 Å². The third-order valence-electron chi connectivity index (χ3n) is 3.61. The number of nitrogens with zero attached hydrogens (tertiary/aromatic N) is 2. The number of carbonyl (C=O) groups excluding carboxylic acids is 2. The van der Waals surface area contributed by atoms with Crippen LogP contribution < -0.4 is 5.73 Å². The summed E-state index contributed by atoms with van der Waals surface area (Å²) in [6.45, 7) is 5.36. The minimum atomic E-state index is -0.138. The monoisotopic (exact) mass is 285 g/mol. The number of rotatable bonds is 7. The molecule has 1 aliphatic rings. The summed E-state index contributed by atoms with van der Waals surface area (Å²) in [5.41, 5.74) is 5.44. The van der Waals surface area contributed by atoms with Crippen LogP contribution in [0.5, 0.6) is 0 Å². The molecule has 0 aliphatic carbocycles. The van der Waals surface area contributed by atoms with Crippen molar-refractivity contribution in [3.05, 3.63) is 0 Å². The molecule has 1 aliphatic heterocycles. The summed E-state index contributed by atoms with van der Waals surface area (Å²) in [5, 5.41) is 0. The molecular formula is C14H27N3O3. The summed E-state index contributed by atoms with van der Waals surface area (Å²) in [6.07, 6.45) is 2.60. The van der Waals surface area contributed by atoms with Gasteiger partial charge < -0.3 is 15.4 Å². The normalized spacial score (nSPS) is 19.6. The van der Waals surface area contributed by atoms with Crippen LogP contribution in [0.15, 0.2) is 0 Å². The third-order valence-corrected chi connectivity index (χ3v) is 3.61. The molecule has 1 amide bonds. The number of esters is 1. The fourth-order valence-electron chi connectivity index (χ4n) is 2.42. The second-order valence-electron chi connectivity index (χ2n) is 5.28. The zero-order chi connectivity index (χ0) is 15.0. The summed E-state index contributed by atoms with van der Waals surface area (Å²) < 4.78 is 5.06. The Morgan fingerprint density at radius 2 is 2.20 bits per heavy atom. The van der Waals surface area contributed by atoms with Crippen LogP contribution in [-0.4, -0.2) is 68.1 Å². The van der Waals surface area contributed by atoms with E-state index < -0.39 is 0 Å². The molecule has 1 fully saturated rings. The van der Waals surface area contributed by atoms with E-state index in [1.165, 1.54) is 0 Å². The highest BCUT2D eigenvalue weighted by molar-refractivity contribution is 5.78. The van der Waals surface area contributed by atoms with Crippen molar-refractivity contribution in [1.82, 2.24) is 9.80 Å². The molecule has 1 saturated heterocycles. The van der Waals surface area contributed by atoms with Crippen LogP contribution in [0.4, 0.5) is 0 Å². The maximum atomic E-state index is 12.0. The predicted octanol–water partition coefficient (Wildman–Crippen LogP) is 0.0687. The highest BCUT2D eigenvalue weighted by Gasteiger charge is 2.28. The number of nitrogens with two attached hydrogens (primary N) is 1. The maximum Gasteiger partial charge on any atom is 0.310 e. The van der Waals surface area contributed by atoms with Gasteiger partial charge in [0, 0.05) is 20.1 Å². The van der Waals surface area contributed by atoms with Crippen LogP contribution in [0.1, 0.15) is 26.2 Å². The van der Waals surface area contributed by atoms with E-state index in [0.717, 1.165) is 25.8 Å². The quantitative estimate of drug-likeness (QED) is 0.670. The number of piperidine rings is 1. The average Bonchev–Trinajstić information content (AvgIpc) is 2.45. The van der Waals surface area contributed by atoms with Gasteiger partial charge >= 0.3 is 5.97 Å². The summed E-state index contributed by atoms with van der Waals surface area (Å²) in [6, 6.07) is 0. The first-order chi connectivity index (χ1) is 9.58. The molecule has 20 heavy (non-hydrogen) atoms. The third kappa shape index (κ3) is 5.46. The molecule has 0 radical (unpaired) electrons. The van der Waals surface area contributed by atoms with Crippen molar-refractivity contribution in [2.24, 2.45) is 11.7 Å². The van der Waals surface area contributed by atoms with Gasteiger partial charge in [-0.15, -0.1) is 0 Å². The first-order valence-electron chi connectivity index (χ1n) is 7.41. The summed E-state index contributed by atoms with van der Waals surface area (Å²) in [7, 11) is 1.80. The molecule has 6 heteroatoms. The second kappa shape index (κ2) is 8.92. The first kappa shape index (κ1) is 16.9. The van der Waals surface area contributed by atoms with Gasteiger partial charge in [-0.3, -0.25) is 14.5 Å². The number of hydrogen-bond acceptors (Lipinski definition) is 5. The van der Waals surface area contributed by atoms with Crippen LogP contribution in [0.3, 0.4) is 0 Å². The number of carbonyl (C=O) groups is 2. The second-order valence-corrected chi connectivity index (χ2v) is 5.28. The summed E-state index contributed by atoms with van der Waals surface area (Å²) >= 11 is 0. The van der Waals surface area contributed by atoms with E-state index in [0.29, 0.717) is 32.8 Å². The van der Waals surface area contributed by atoms with E-state index in [1.807, 2.05) is 11.8 Å². The Balaban J connectivity index is 2.39. The minimum Gasteiger partial charge on any atom is -0.466 e. The van der Waals surface area contributed by atoms with Crippen LogP contribution in [0.25, 0.3) is 0 Å². The van der Waals surface area contributed by atoms with Gasteiger partial charge in [0.2, 0.25) is 5.91 Å². The van der Waals surface area contributed by atoms with Gasteiger partial charge in [-0.2, -0.15) is 0 Å². The highest BCUT2D eigenvalue weighted by atomic mass is 16.5. The molecule has 1 rings (SSSR count). The van der Waals surface area contributed by atoms with Gasteiger partial charge in [0.25, 0.3) is 0 Å². The lowest BCUT2D eigenvalue weighted by Gasteiger charge is -2.32. The van der Waals surface area contributed by atoms with Crippen molar-refractivity contribution in [1.29, 1.82) is 0 Å². The summed E-state index contributed by atoms with van der Waals surface area (Å²) in [5.74, 6) is -0.144. The zero-order valence-electron chi connectivity index (χ0n) is 12.6. The molecule has 0 bridgehead atoms. The molecular weight excluding hydrogens is 258 g/mol. The molecule has 1 atom stereocenters. The fraction of sp³-hybridized carbons (Fsp3) is 0.857. The smallest absolute Gasteiger partial charge is 0.310 e. The van der Waals surface area contributed by atoms with Crippen molar-refractivity contribution in [2.45, 2.75) is 26.2 Å².